The fourth-order valence-corrected chi connectivity index (χ4v) is 2.57. The summed E-state index contributed by atoms with van der Waals surface area (Å²) in [6, 6.07) is 3.39. The van der Waals surface area contributed by atoms with Crippen LogP contribution in [0.2, 0.25) is 0 Å². The van der Waals surface area contributed by atoms with E-state index in [-0.39, 0.29) is 51.7 Å². The van der Waals surface area contributed by atoms with E-state index in [2.05, 4.69) is 12.2 Å². The molecule has 1 heterocycles. The van der Waals surface area contributed by atoms with Crippen LogP contribution < -0.4 is 10.1 Å². The minimum Gasteiger partial charge on any atom is -0.504 e. The van der Waals surface area contributed by atoms with E-state index in [4.69, 9.17) is 4.74 Å². The zero-order valence-corrected chi connectivity index (χ0v) is 15.9. The summed E-state index contributed by atoms with van der Waals surface area (Å²) in [4.78, 5) is 12.3. The Hall–Kier alpha value is -0.446. The topological polar surface area (TPSA) is 58.6 Å². The van der Waals surface area contributed by atoms with Crippen molar-refractivity contribution in [2.24, 2.45) is 0 Å². The molecule has 0 aliphatic carbocycles. The zero-order chi connectivity index (χ0) is 14.0. The van der Waals surface area contributed by atoms with Crippen LogP contribution in [0.1, 0.15) is 30.9 Å². The van der Waals surface area contributed by atoms with Crippen molar-refractivity contribution in [1.82, 2.24) is 5.32 Å². The number of carbonyl (C=O) groups excluding carboxylic acids is 1. The maximum absolute atomic E-state index is 12.3. The molecule has 5 heteroatoms. The Morgan fingerprint density at radius 1 is 1.52 bits per heavy atom. The molecule has 1 radical (unpaired) electrons. The van der Waals surface area contributed by atoms with Gasteiger partial charge in [-0.15, -0.1) is 0 Å². The Kier molecular flexibility index (Phi) is 8.08. The predicted molar refractivity (Wildman–Crippen MR) is 79.7 cm³/mol. The molecule has 0 bridgehead atoms. The molecule has 1 aromatic carbocycles. The number of hydrogen-bond donors (Lipinski definition) is 2. The molecule has 0 fully saturated rings. The second-order valence-corrected chi connectivity index (χ2v) is 4.94. The zero-order valence-electron chi connectivity index (χ0n) is 13.0. The van der Waals surface area contributed by atoms with Gasteiger partial charge in [-0.2, -0.15) is 0 Å². The van der Waals surface area contributed by atoms with Crippen LogP contribution in [-0.4, -0.2) is 24.5 Å². The Bertz CT molecular complexity index is 505. The summed E-state index contributed by atoms with van der Waals surface area (Å²) in [7, 11) is 1.50. The number of phenolic OH excluding ortho intramolecular Hbond substituents is 1. The fraction of sp³-hybridized carbons (Fsp3) is 0.438. The molecule has 1 aliphatic rings. The second kappa shape index (κ2) is 8.26. The third-order valence-corrected chi connectivity index (χ3v) is 3.64. The minimum absolute atomic E-state index is 0. The van der Waals surface area contributed by atoms with E-state index in [0.29, 0.717) is 18.7 Å². The molecule has 0 amide bonds. The van der Waals surface area contributed by atoms with E-state index in [0.717, 1.165) is 24.0 Å². The number of methoxy groups -OCH3 is 1. The predicted octanol–water partition coefficient (Wildman–Crippen LogP) is 2.39. The number of nitrogens with one attached hydrogen (secondary N) is 1. The standard InChI is InChI=1S/C15H20NO3.CH3.Y/c1-4-5-14(18)15(2)11-9-13(19-3)12(17)8-10(11)6-7-16-15;;/h8-9,16-17H,2,4-7H2,1,3H3;1H3;/q2*-1;/t15-;;/m1../s1. The molecule has 0 aromatic heterocycles. The molecular weight excluding hydrogens is 343 g/mol. The summed E-state index contributed by atoms with van der Waals surface area (Å²) in [5, 5.41) is 13.0. The van der Waals surface area contributed by atoms with Crippen LogP contribution >= 0.6 is 0 Å². The van der Waals surface area contributed by atoms with Gasteiger partial charge in [0.2, 0.25) is 0 Å². The van der Waals surface area contributed by atoms with Crippen molar-refractivity contribution < 1.29 is 47.3 Å². The number of fused-ring (bicyclic) bond motifs is 1. The van der Waals surface area contributed by atoms with Crippen molar-refractivity contribution in [3.63, 3.8) is 0 Å². The van der Waals surface area contributed by atoms with Gasteiger partial charge in [0.05, 0.1) is 7.11 Å². The van der Waals surface area contributed by atoms with Gasteiger partial charge in [0.25, 0.3) is 0 Å². The quantitative estimate of drug-likeness (QED) is 0.804. The summed E-state index contributed by atoms with van der Waals surface area (Å²) >= 11 is 0. The molecule has 21 heavy (non-hydrogen) atoms. The Labute approximate surface area is 152 Å². The van der Waals surface area contributed by atoms with Gasteiger partial charge in [-0.1, -0.05) is 6.92 Å². The molecule has 1 aliphatic heterocycles. The SMILES string of the molecule is [CH2-][C@@]1(C(=O)CCC)NCCc2cc(O)c(OC)cc21.[CH3-].[Y]. The molecule has 1 atom stereocenters. The molecule has 2 N–H and O–H groups in total. The first-order valence-electron chi connectivity index (χ1n) is 6.57. The van der Waals surface area contributed by atoms with Gasteiger partial charge in [-0.25, -0.2) is 0 Å². The molecular formula is C16H23NO3Y-2. The van der Waals surface area contributed by atoms with Crippen LogP contribution in [0.5, 0.6) is 11.5 Å². The first-order chi connectivity index (χ1) is 9.02. The summed E-state index contributed by atoms with van der Waals surface area (Å²) < 4.78 is 5.13. The average Bonchev–Trinajstić information content (AvgIpc) is 2.38. The number of phenols is 1. The molecule has 1 aromatic rings. The molecule has 0 unspecified atom stereocenters. The minimum atomic E-state index is -0.926. The van der Waals surface area contributed by atoms with Crippen molar-refractivity contribution >= 4 is 5.78 Å². The third kappa shape index (κ3) is 3.85. The smallest absolute Gasteiger partial charge is 0.160 e. The Balaban J connectivity index is 0.00000200. The van der Waals surface area contributed by atoms with E-state index >= 15 is 0 Å². The first-order valence-corrected chi connectivity index (χ1v) is 6.57. The van der Waals surface area contributed by atoms with Gasteiger partial charge < -0.3 is 34.3 Å². The molecule has 2 rings (SSSR count). The van der Waals surface area contributed by atoms with Crippen LogP contribution in [0, 0.1) is 14.4 Å². The van der Waals surface area contributed by atoms with Crippen molar-refractivity contribution in [3.05, 3.63) is 37.6 Å². The average molecular weight is 366 g/mol. The summed E-state index contributed by atoms with van der Waals surface area (Å²) in [5.41, 5.74) is 0.841. The van der Waals surface area contributed by atoms with Crippen molar-refractivity contribution in [1.29, 1.82) is 0 Å². The summed E-state index contributed by atoms with van der Waals surface area (Å²) in [5.74, 6) is 0.553. The van der Waals surface area contributed by atoms with Gasteiger partial charge in [-0.3, -0.25) is 0 Å². The van der Waals surface area contributed by atoms with Gasteiger partial charge >= 0.3 is 0 Å². The van der Waals surface area contributed by atoms with E-state index in [1.165, 1.54) is 7.11 Å². The summed E-state index contributed by atoms with van der Waals surface area (Å²) in [6.45, 7) is 6.75. The molecule has 115 valence electrons. The van der Waals surface area contributed by atoms with E-state index < -0.39 is 5.54 Å². The monoisotopic (exact) mass is 366 g/mol. The van der Waals surface area contributed by atoms with Gasteiger partial charge in [0.15, 0.2) is 11.5 Å². The van der Waals surface area contributed by atoms with Crippen molar-refractivity contribution in [2.75, 3.05) is 13.7 Å². The van der Waals surface area contributed by atoms with Crippen LogP contribution in [-0.2, 0) is 49.5 Å². The van der Waals surface area contributed by atoms with Crippen molar-refractivity contribution in [3.8, 4) is 11.5 Å². The van der Waals surface area contributed by atoms with Gasteiger partial charge in [0.1, 0.15) is 5.78 Å². The van der Waals surface area contributed by atoms with Crippen LogP contribution in [0.25, 0.3) is 0 Å². The number of ether oxygens (including phenoxy) is 1. The normalized spacial score (nSPS) is 19.8. The third-order valence-electron chi connectivity index (χ3n) is 3.64. The maximum Gasteiger partial charge on any atom is 0.160 e. The number of Topliss-reactive ketones (excluding diaryl/α,β-unsaturated/α-hetero) is 1. The fourth-order valence-electron chi connectivity index (χ4n) is 2.57. The number of rotatable bonds is 4. The number of carbonyl (C=O) groups is 1. The molecule has 0 spiro atoms. The molecule has 0 saturated carbocycles. The van der Waals surface area contributed by atoms with Crippen LogP contribution in [0.15, 0.2) is 12.1 Å². The number of aromatic hydroxyl groups is 1. The van der Waals surface area contributed by atoms with Gasteiger partial charge in [0, 0.05) is 39.1 Å². The number of hydrogen-bond acceptors (Lipinski definition) is 4. The molecule has 4 nitrogen and oxygen atoms in total. The largest absolute Gasteiger partial charge is 0.504 e. The van der Waals surface area contributed by atoms with Crippen LogP contribution in [0.4, 0.5) is 0 Å². The Morgan fingerprint density at radius 2 is 2.19 bits per heavy atom. The first kappa shape index (κ1) is 20.6. The van der Waals surface area contributed by atoms with E-state index in [1.807, 2.05) is 6.92 Å². The Morgan fingerprint density at radius 3 is 2.76 bits per heavy atom. The summed E-state index contributed by atoms with van der Waals surface area (Å²) in [6.07, 6.45) is 2.05. The van der Waals surface area contributed by atoms with Gasteiger partial charge in [-0.05, 0) is 48.2 Å². The maximum atomic E-state index is 12.3. The number of ketones is 1. The van der Waals surface area contributed by atoms with Crippen LogP contribution in [0.3, 0.4) is 0 Å². The van der Waals surface area contributed by atoms with E-state index in [9.17, 15) is 9.90 Å². The molecule has 0 saturated heterocycles. The number of benzene rings is 1. The second-order valence-electron chi connectivity index (χ2n) is 4.94. The van der Waals surface area contributed by atoms with E-state index in [1.54, 1.807) is 12.1 Å². The van der Waals surface area contributed by atoms with Crippen molar-refractivity contribution in [2.45, 2.75) is 31.7 Å².